The largest absolute Gasteiger partial charge is 0.326 e. The molecule has 0 heterocycles. The highest BCUT2D eigenvalue weighted by Crippen LogP contribution is 2.24. The van der Waals surface area contributed by atoms with Crippen molar-refractivity contribution in [1.82, 2.24) is 4.72 Å². The van der Waals surface area contributed by atoms with Crippen LogP contribution in [0.2, 0.25) is 0 Å². The van der Waals surface area contributed by atoms with Crippen LogP contribution in [0.25, 0.3) is 0 Å². The summed E-state index contributed by atoms with van der Waals surface area (Å²) in [7, 11) is -3.60. The Morgan fingerprint density at radius 3 is 2.42 bits per heavy atom. The first-order valence-corrected chi connectivity index (χ1v) is 10.4. The number of sulfonamides is 1. The number of carbonyl (C=O) groups is 1. The van der Waals surface area contributed by atoms with Crippen LogP contribution in [0.5, 0.6) is 0 Å². The molecule has 1 aliphatic carbocycles. The van der Waals surface area contributed by atoms with Crippen molar-refractivity contribution in [2.24, 2.45) is 0 Å². The number of benzene rings is 2. The van der Waals surface area contributed by atoms with Crippen LogP contribution >= 0.6 is 0 Å². The van der Waals surface area contributed by atoms with Crippen LogP contribution in [0.1, 0.15) is 36.0 Å². The van der Waals surface area contributed by atoms with Gasteiger partial charge in [-0.05, 0) is 68.0 Å². The van der Waals surface area contributed by atoms with Crippen LogP contribution < -0.4 is 10.0 Å². The summed E-state index contributed by atoms with van der Waals surface area (Å²) < 4.78 is 27.4. The lowest BCUT2D eigenvalue weighted by atomic mass is 9.92. The van der Waals surface area contributed by atoms with E-state index in [0.29, 0.717) is 5.69 Å². The summed E-state index contributed by atoms with van der Waals surface area (Å²) in [4.78, 5) is 12.2. The first-order valence-electron chi connectivity index (χ1n) is 8.92. The minimum atomic E-state index is -3.60. The van der Waals surface area contributed by atoms with Crippen LogP contribution in [-0.4, -0.2) is 20.9 Å². The van der Waals surface area contributed by atoms with Gasteiger partial charge in [0.25, 0.3) is 0 Å². The summed E-state index contributed by atoms with van der Waals surface area (Å²) in [5.41, 5.74) is 4.18. The monoisotopic (exact) mass is 372 g/mol. The first kappa shape index (κ1) is 18.6. The van der Waals surface area contributed by atoms with Crippen molar-refractivity contribution in [3.8, 4) is 0 Å². The topological polar surface area (TPSA) is 75.3 Å². The fourth-order valence-corrected chi connectivity index (χ4v) is 4.20. The standard InChI is InChI=1S/C20H24N2O3S/c1-15-6-9-18(10-7-15)22-20(23)12-13-21-26(24,25)19-11-8-16-4-2-3-5-17(16)14-19/h6-11,14,21H,2-5,12-13H2,1H3,(H,22,23). The third kappa shape index (κ3) is 4.71. The second kappa shape index (κ2) is 8.01. The SMILES string of the molecule is Cc1ccc(NC(=O)CCNS(=O)(=O)c2ccc3c(c2)CCCC3)cc1. The molecule has 26 heavy (non-hydrogen) atoms. The quantitative estimate of drug-likeness (QED) is 0.818. The predicted molar refractivity (Wildman–Crippen MR) is 103 cm³/mol. The van der Waals surface area contributed by atoms with Crippen molar-refractivity contribution < 1.29 is 13.2 Å². The average Bonchev–Trinajstić information content (AvgIpc) is 2.63. The lowest BCUT2D eigenvalue weighted by molar-refractivity contribution is -0.116. The minimum Gasteiger partial charge on any atom is -0.326 e. The number of hydrogen-bond donors (Lipinski definition) is 2. The molecule has 2 aromatic carbocycles. The Morgan fingerprint density at radius 2 is 1.69 bits per heavy atom. The average molecular weight is 372 g/mol. The molecule has 0 aliphatic heterocycles. The van der Waals surface area contributed by atoms with Gasteiger partial charge in [-0.2, -0.15) is 0 Å². The van der Waals surface area contributed by atoms with Gasteiger partial charge in [0.05, 0.1) is 4.90 Å². The Morgan fingerprint density at radius 1 is 1.00 bits per heavy atom. The van der Waals surface area contributed by atoms with Gasteiger partial charge in [-0.3, -0.25) is 4.79 Å². The molecule has 0 bridgehead atoms. The lowest BCUT2D eigenvalue weighted by Gasteiger charge is -2.16. The number of anilines is 1. The van der Waals surface area contributed by atoms with E-state index in [9.17, 15) is 13.2 Å². The molecule has 2 aromatic rings. The molecule has 3 rings (SSSR count). The van der Waals surface area contributed by atoms with Gasteiger partial charge in [0.15, 0.2) is 0 Å². The maximum absolute atomic E-state index is 12.5. The molecule has 0 saturated heterocycles. The smallest absolute Gasteiger partial charge is 0.240 e. The van der Waals surface area contributed by atoms with E-state index in [1.165, 1.54) is 5.56 Å². The van der Waals surface area contributed by atoms with Crippen LogP contribution in [-0.2, 0) is 27.7 Å². The van der Waals surface area contributed by atoms with E-state index in [1.807, 2.05) is 37.3 Å². The summed E-state index contributed by atoms with van der Waals surface area (Å²) in [5, 5.41) is 2.76. The van der Waals surface area contributed by atoms with E-state index in [-0.39, 0.29) is 23.8 Å². The lowest BCUT2D eigenvalue weighted by Crippen LogP contribution is -2.28. The molecule has 6 heteroatoms. The number of aryl methyl sites for hydroxylation is 3. The number of fused-ring (bicyclic) bond motifs is 1. The van der Waals surface area contributed by atoms with Gasteiger partial charge in [0, 0.05) is 18.7 Å². The third-order valence-electron chi connectivity index (χ3n) is 4.61. The molecule has 0 aromatic heterocycles. The molecule has 138 valence electrons. The predicted octanol–water partition coefficient (Wildman–Crippen LogP) is 3.18. The molecule has 2 N–H and O–H groups in total. The Bertz CT molecular complexity index is 890. The molecular weight excluding hydrogens is 348 g/mol. The van der Waals surface area contributed by atoms with E-state index < -0.39 is 10.0 Å². The normalized spacial score (nSPS) is 13.9. The highest BCUT2D eigenvalue weighted by atomic mass is 32.2. The van der Waals surface area contributed by atoms with Crippen LogP contribution in [0, 0.1) is 6.92 Å². The van der Waals surface area contributed by atoms with Gasteiger partial charge in [0.1, 0.15) is 0 Å². The molecular formula is C20H24N2O3S. The zero-order valence-corrected chi connectivity index (χ0v) is 15.7. The number of rotatable bonds is 6. The Balaban J connectivity index is 1.55. The first-order chi connectivity index (χ1) is 12.4. The molecule has 5 nitrogen and oxygen atoms in total. The maximum Gasteiger partial charge on any atom is 0.240 e. The van der Waals surface area contributed by atoms with Gasteiger partial charge < -0.3 is 5.32 Å². The Labute approximate surface area is 154 Å². The molecule has 0 saturated carbocycles. The molecule has 1 amide bonds. The van der Waals surface area contributed by atoms with Crippen molar-refractivity contribution in [2.45, 2.75) is 43.9 Å². The van der Waals surface area contributed by atoms with Crippen molar-refractivity contribution >= 4 is 21.6 Å². The summed E-state index contributed by atoms with van der Waals surface area (Å²) >= 11 is 0. The summed E-state index contributed by atoms with van der Waals surface area (Å²) in [6.07, 6.45) is 4.29. The van der Waals surface area contributed by atoms with Gasteiger partial charge in [-0.15, -0.1) is 0 Å². The summed E-state index contributed by atoms with van der Waals surface area (Å²) in [5.74, 6) is -0.220. The van der Waals surface area contributed by atoms with Gasteiger partial charge in [-0.25, -0.2) is 13.1 Å². The summed E-state index contributed by atoms with van der Waals surface area (Å²) in [6, 6.07) is 12.8. The fraction of sp³-hybridized carbons (Fsp3) is 0.350. The van der Waals surface area contributed by atoms with Gasteiger partial charge >= 0.3 is 0 Å². The zero-order chi connectivity index (χ0) is 18.6. The van der Waals surface area contributed by atoms with Crippen LogP contribution in [0.3, 0.4) is 0 Å². The molecule has 0 radical (unpaired) electrons. The number of hydrogen-bond acceptors (Lipinski definition) is 3. The van der Waals surface area contributed by atoms with Crippen LogP contribution in [0.15, 0.2) is 47.4 Å². The highest BCUT2D eigenvalue weighted by molar-refractivity contribution is 7.89. The third-order valence-corrected chi connectivity index (χ3v) is 6.07. The number of carbonyl (C=O) groups excluding carboxylic acids is 1. The second-order valence-corrected chi connectivity index (χ2v) is 8.47. The number of nitrogens with one attached hydrogen (secondary N) is 2. The molecule has 1 aliphatic rings. The van der Waals surface area contributed by atoms with Crippen molar-refractivity contribution in [3.05, 3.63) is 59.2 Å². The van der Waals surface area contributed by atoms with Gasteiger partial charge in [0.2, 0.25) is 15.9 Å². The molecule has 0 atom stereocenters. The van der Waals surface area contributed by atoms with Gasteiger partial charge in [-0.1, -0.05) is 23.8 Å². The van der Waals surface area contributed by atoms with Crippen molar-refractivity contribution in [2.75, 3.05) is 11.9 Å². The Hall–Kier alpha value is -2.18. The molecule has 0 unspecified atom stereocenters. The fourth-order valence-electron chi connectivity index (χ4n) is 3.12. The molecule has 0 fully saturated rings. The highest BCUT2D eigenvalue weighted by Gasteiger charge is 2.17. The molecule has 0 spiro atoms. The van der Waals surface area contributed by atoms with Crippen LogP contribution in [0.4, 0.5) is 5.69 Å². The van der Waals surface area contributed by atoms with Crippen molar-refractivity contribution in [3.63, 3.8) is 0 Å². The second-order valence-electron chi connectivity index (χ2n) is 6.70. The van der Waals surface area contributed by atoms with Crippen molar-refractivity contribution in [1.29, 1.82) is 0 Å². The minimum absolute atomic E-state index is 0.0666. The maximum atomic E-state index is 12.5. The van der Waals surface area contributed by atoms with E-state index in [0.717, 1.165) is 36.8 Å². The Kier molecular flexibility index (Phi) is 5.74. The van der Waals surface area contributed by atoms with E-state index >= 15 is 0 Å². The zero-order valence-electron chi connectivity index (χ0n) is 14.9. The van der Waals surface area contributed by atoms with E-state index in [2.05, 4.69) is 10.0 Å². The number of amides is 1. The van der Waals surface area contributed by atoms with E-state index in [4.69, 9.17) is 0 Å². The summed E-state index contributed by atoms with van der Waals surface area (Å²) in [6.45, 7) is 2.04. The van der Waals surface area contributed by atoms with E-state index in [1.54, 1.807) is 12.1 Å².